The topological polar surface area (TPSA) is 41.6 Å². The molecule has 0 radical (unpaired) electrons. The molecule has 2 rings (SSSR count). The Balaban J connectivity index is 1.80. The van der Waals surface area contributed by atoms with E-state index in [9.17, 15) is 4.79 Å². The van der Waals surface area contributed by atoms with Crippen LogP contribution in [0.2, 0.25) is 0 Å². The molecule has 0 spiro atoms. The molecule has 1 aromatic carbocycles. The van der Waals surface area contributed by atoms with Crippen LogP contribution in [0.3, 0.4) is 0 Å². The molecule has 1 heterocycles. The maximum atomic E-state index is 12.3. The number of carbonyl (C=O) groups is 1. The lowest BCUT2D eigenvalue weighted by atomic mass is 10.1. The first-order valence-electron chi connectivity index (χ1n) is 7.53. The molecule has 1 unspecified atom stereocenters. The molecule has 0 aliphatic carbocycles. The van der Waals surface area contributed by atoms with Gasteiger partial charge in [0.25, 0.3) is 0 Å². The number of piperidine rings is 1. The minimum Gasteiger partial charge on any atom is -0.494 e. The quantitative estimate of drug-likeness (QED) is 0.819. The second-order valence-electron chi connectivity index (χ2n) is 5.16. The van der Waals surface area contributed by atoms with Crippen LogP contribution in [-0.2, 0) is 4.79 Å². The summed E-state index contributed by atoms with van der Waals surface area (Å²) in [6, 6.07) is 8.37. The molecular weight excluding hydrogens is 284 g/mol. The number of nitrogens with one attached hydrogen (secondary N) is 1. The fraction of sp³-hybridized carbons (Fsp3) is 0.562. The minimum absolute atomic E-state index is 0.230. The standard InChI is InChI=1S/C16H24N2O2S/c1-3-20-14-6-8-15(9-7-14)21-12-16(19)18-10-4-5-13(11-18)17-2/h6-9,13,17H,3-5,10-12H2,1-2H3. The summed E-state index contributed by atoms with van der Waals surface area (Å²) in [5, 5.41) is 3.27. The van der Waals surface area contributed by atoms with E-state index in [-0.39, 0.29) is 5.91 Å². The van der Waals surface area contributed by atoms with E-state index in [1.807, 2.05) is 43.1 Å². The number of nitrogens with zero attached hydrogens (tertiary/aromatic N) is 1. The van der Waals surface area contributed by atoms with Crippen molar-refractivity contribution in [3.05, 3.63) is 24.3 Å². The maximum Gasteiger partial charge on any atom is 0.232 e. The minimum atomic E-state index is 0.230. The maximum absolute atomic E-state index is 12.3. The summed E-state index contributed by atoms with van der Waals surface area (Å²) in [5.41, 5.74) is 0. The van der Waals surface area contributed by atoms with Crippen molar-refractivity contribution >= 4 is 17.7 Å². The number of thioether (sulfide) groups is 1. The normalized spacial score (nSPS) is 18.6. The molecule has 0 bridgehead atoms. The largest absolute Gasteiger partial charge is 0.494 e. The molecule has 0 aromatic heterocycles. The van der Waals surface area contributed by atoms with Crippen LogP contribution in [-0.4, -0.2) is 49.3 Å². The molecule has 1 fully saturated rings. The monoisotopic (exact) mass is 308 g/mol. The first kappa shape index (κ1) is 16.2. The number of ether oxygens (including phenoxy) is 1. The number of amides is 1. The molecule has 1 N–H and O–H groups in total. The van der Waals surface area contributed by atoms with E-state index >= 15 is 0 Å². The van der Waals surface area contributed by atoms with E-state index in [1.54, 1.807) is 11.8 Å². The van der Waals surface area contributed by atoms with Crippen molar-refractivity contribution < 1.29 is 9.53 Å². The molecule has 4 nitrogen and oxygen atoms in total. The number of carbonyl (C=O) groups excluding carboxylic acids is 1. The molecule has 21 heavy (non-hydrogen) atoms. The van der Waals surface area contributed by atoms with Gasteiger partial charge in [0.1, 0.15) is 5.75 Å². The first-order valence-corrected chi connectivity index (χ1v) is 8.52. The first-order chi connectivity index (χ1) is 10.2. The molecule has 1 atom stereocenters. The molecule has 1 aromatic rings. The zero-order valence-corrected chi connectivity index (χ0v) is 13.6. The van der Waals surface area contributed by atoms with Gasteiger partial charge < -0.3 is 15.0 Å². The van der Waals surface area contributed by atoms with Gasteiger partial charge in [0.05, 0.1) is 12.4 Å². The van der Waals surface area contributed by atoms with Gasteiger partial charge in [-0.25, -0.2) is 0 Å². The van der Waals surface area contributed by atoms with E-state index in [4.69, 9.17) is 4.74 Å². The molecule has 116 valence electrons. The van der Waals surface area contributed by atoms with Crippen LogP contribution in [0.25, 0.3) is 0 Å². The fourth-order valence-corrected chi connectivity index (χ4v) is 3.28. The predicted molar refractivity (Wildman–Crippen MR) is 87.0 cm³/mol. The third kappa shape index (κ3) is 4.93. The summed E-state index contributed by atoms with van der Waals surface area (Å²) >= 11 is 1.59. The van der Waals surface area contributed by atoms with Crippen LogP contribution in [0.5, 0.6) is 5.75 Å². The molecule has 1 aliphatic heterocycles. The van der Waals surface area contributed by atoms with Crippen LogP contribution in [0.4, 0.5) is 0 Å². The van der Waals surface area contributed by atoms with E-state index in [1.165, 1.54) is 0 Å². The van der Waals surface area contributed by atoms with Gasteiger partial charge in [-0.05, 0) is 51.1 Å². The van der Waals surface area contributed by atoms with Crippen LogP contribution < -0.4 is 10.1 Å². The van der Waals surface area contributed by atoms with Crippen LogP contribution in [0.1, 0.15) is 19.8 Å². The van der Waals surface area contributed by atoms with Crippen LogP contribution in [0, 0.1) is 0 Å². The van der Waals surface area contributed by atoms with Gasteiger partial charge in [-0.1, -0.05) is 0 Å². The number of benzene rings is 1. The van der Waals surface area contributed by atoms with Gasteiger partial charge in [0.2, 0.25) is 5.91 Å². The molecular formula is C16H24N2O2S. The summed E-state index contributed by atoms with van der Waals surface area (Å²) in [4.78, 5) is 15.3. The summed E-state index contributed by atoms with van der Waals surface area (Å²) < 4.78 is 5.41. The Kier molecular flexibility index (Phi) is 6.39. The third-order valence-electron chi connectivity index (χ3n) is 3.68. The SMILES string of the molecule is CCOc1ccc(SCC(=O)N2CCCC(NC)C2)cc1. The van der Waals surface area contributed by atoms with Crippen molar-refractivity contribution in [2.24, 2.45) is 0 Å². The molecule has 0 saturated carbocycles. The zero-order chi connectivity index (χ0) is 15.1. The number of rotatable bonds is 6. The Morgan fingerprint density at radius 1 is 1.43 bits per heavy atom. The van der Waals surface area contributed by atoms with Crippen molar-refractivity contribution in [3.63, 3.8) is 0 Å². The van der Waals surface area contributed by atoms with Gasteiger partial charge in [-0.2, -0.15) is 0 Å². The van der Waals surface area contributed by atoms with E-state index in [2.05, 4.69) is 5.32 Å². The highest BCUT2D eigenvalue weighted by molar-refractivity contribution is 8.00. The predicted octanol–water partition coefficient (Wildman–Crippen LogP) is 2.39. The fourth-order valence-electron chi connectivity index (χ4n) is 2.47. The molecule has 1 aliphatic rings. The van der Waals surface area contributed by atoms with Gasteiger partial charge in [-0.15, -0.1) is 11.8 Å². The average Bonchev–Trinajstić information content (AvgIpc) is 2.54. The molecule has 1 saturated heterocycles. The lowest BCUT2D eigenvalue weighted by molar-refractivity contribution is -0.129. The van der Waals surface area contributed by atoms with Crippen molar-refractivity contribution in [1.29, 1.82) is 0 Å². The Hall–Kier alpha value is -1.20. The number of likely N-dealkylation sites (tertiary alicyclic amines) is 1. The van der Waals surface area contributed by atoms with Crippen LogP contribution >= 0.6 is 11.8 Å². The van der Waals surface area contributed by atoms with E-state index in [0.717, 1.165) is 36.6 Å². The summed E-state index contributed by atoms with van der Waals surface area (Å²) in [6.45, 7) is 4.37. The van der Waals surface area contributed by atoms with Crippen LogP contribution in [0.15, 0.2) is 29.2 Å². The highest BCUT2D eigenvalue weighted by Crippen LogP contribution is 2.22. The van der Waals surface area contributed by atoms with Gasteiger partial charge in [0.15, 0.2) is 0 Å². The van der Waals surface area contributed by atoms with E-state index in [0.29, 0.717) is 18.4 Å². The lowest BCUT2D eigenvalue weighted by Gasteiger charge is -2.32. The summed E-state index contributed by atoms with van der Waals surface area (Å²) in [6.07, 6.45) is 2.25. The van der Waals surface area contributed by atoms with Gasteiger partial charge in [-0.3, -0.25) is 4.79 Å². The highest BCUT2D eigenvalue weighted by atomic mass is 32.2. The number of hydrogen-bond donors (Lipinski definition) is 1. The van der Waals surface area contributed by atoms with Crippen molar-refractivity contribution in [1.82, 2.24) is 10.2 Å². The second-order valence-corrected chi connectivity index (χ2v) is 6.21. The van der Waals surface area contributed by atoms with Gasteiger partial charge >= 0.3 is 0 Å². The highest BCUT2D eigenvalue weighted by Gasteiger charge is 2.22. The smallest absolute Gasteiger partial charge is 0.232 e. The average molecular weight is 308 g/mol. The van der Waals surface area contributed by atoms with Gasteiger partial charge in [0, 0.05) is 24.0 Å². The summed E-state index contributed by atoms with van der Waals surface area (Å²) in [5.74, 6) is 1.61. The lowest BCUT2D eigenvalue weighted by Crippen LogP contribution is -2.47. The Labute approximate surface area is 131 Å². The summed E-state index contributed by atoms with van der Waals surface area (Å²) in [7, 11) is 1.97. The van der Waals surface area contributed by atoms with Crippen molar-refractivity contribution in [2.45, 2.75) is 30.7 Å². The zero-order valence-electron chi connectivity index (χ0n) is 12.8. The number of hydrogen-bond acceptors (Lipinski definition) is 4. The molecule has 1 amide bonds. The van der Waals surface area contributed by atoms with E-state index < -0.39 is 0 Å². The van der Waals surface area contributed by atoms with Crippen molar-refractivity contribution in [3.8, 4) is 5.75 Å². The Bertz CT molecular complexity index is 450. The number of likely N-dealkylation sites (N-methyl/N-ethyl adjacent to an activating group) is 1. The Morgan fingerprint density at radius 3 is 2.86 bits per heavy atom. The van der Waals surface area contributed by atoms with Crippen molar-refractivity contribution in [2.75, 3.05) is 32.5 Å². The molecule has 5 heteroatoms. The Morgan fingerprint density at radius 2 is 2.19 bits per heavy atom. The second kappa shape index (κ2) is 8.29. The third-order valence-corrected chi connectivity index (χ3v) is 4.68.